The second kappa shape index (κ2) is 8.12. The van der Waals surface area contributed by atoms with Gasteiger partial charge < -0.3 is 10.6 Å². The number of benzene rings is 1. The third-order valence-electron chi connectivity index (χ3n) is 3.38. The van der Waals surface area contributed by atoms with Crippen molar-refractivity contribution in [2.24, 2.45) is 0 Å². The zero-order valence-corrected chi connectivity index (χ0v) is 12.6. The zero-order chi connectivity index (χ0) is 15.8. The molecule has 1 aromatic heterocycles. The first-order valence-corrected chi connectivity index (χ1v) is 7.32. The molecule has 0 radical (unpaired) electrons. The number of pyridine rings is 1. The van der Waals surface area contributed by atoms with Gasteiger partial charge in [-0.1, -0.05) is 12.1 Å². The maximum atomic E-state index is 13.0. The van der Waals surface area contributed by atoms with E-state index in [9.17, 15) is 9.18 Å². The van der Waals surface area contributed by atoms with Crippen molar-refractivity contribution in [2.75, 3.05) is 13.1 Å². The van der Waals surface area contributed by atoms with Gasteiger partial charge in [-0.05, 0) is 48.7 Å². The molecule has 116 valence electrons. The second-order valence-electron chi connectivity index (χ2n) is 5.07. The Morgan fingerprint density at radius 2 is 1.91 bits per heavy atom. The van der Waals surface area contributed by atoms with Crippen LogP contribution in [0.25, 0.3) is 0 Å². The Morgan fingerprint density at radius 1 is 1.14 bits per heavy atom. The van der Waals surface area contributed by atoms with Gasteiger partial charge in [0.05, 0.1) is 0 Å². The average molecular weight is 301 g/mol. The van der Waals surface area contributed by atoms with E-state index >= 15 is 0 Å². The van der Waals surface area contributed by atoms with Crippen LogP contribution in [0.1, 0.15) is 16.8 Å². The number of carbonyl (C=O) groups is 1. The summed E-state index contributed by atoms with van der Waals surface area (Å²) in [5.74, 6) is -0.235. The number of carbonyl (C=O) groups excluding carboxylic acids is 1. The molecule has 2 rings (SSSR count). The Balaban J connectivity index is 1.65. The van der Waals surface area contributed by atoms with Crippen LogP contribution in [0, 0.1) is 12.7 Å². The number of nitrogens with zero attached hydrogens (tertiary/aromatic N) is 1. The molecule has 0 atom stereocenters. The highest BCUT2D eigenvalue weighted by Gasteiger charge is 2.03. The zero-order valence-electron chi connectivity index (χ0n) is 12.6. The van der Waals surface area contributed by atoms with Crippen LogP contribution in [0.2, 0.25) is 0 Å². The van der Waals surface area contributed by atoms with E-state index in [2.05, 4.69) is 15.6 Å². The number of nitrogens with one attached hydrogen (secondary N) is 2. The highest BCUT2D eigenvalue weighted by atomic mass is 19.1. The minimum Gasteiger partial charge on any atom is -0.338 e. The fourth-order valence-corrected chi connectivity index (χ4v) is 2.16. The largest absolute Gasteiger partial charge is 0.338 e. The first kappa shape index (κ1) is 15.9. The number of aromatic nitrogens is 1. The van der Waals surface area contributed by atoms with Crippen molar-refractivity contribution in [1.29, 1.82) is 0 Å². The van der Waals surface area contributed by atoms with Crippen LogP contribution in [0.4, 0.5) is 9.18 Å². The smallest absolute Gasteiger partial charge is 0.314 e. The first-order valence-electron chi connectivity index (χ1n) is 7.32. The first-order chi connectivity index (χ1) is 10.6. The van der Waals surface area contributed by atoms with Crippen molar-refractivity contribution in [1.82, 2.24) is 15.6 Å². The quantitative estimate of drug-likeness (QED) is 0.861. The Bertz CT molecular complexity index is 617. The van der Waals surface area contributed by atoms with Gasteiger partial charge in [-0.3, -0.25) is 4.98 Å². The molecule has 2 N–H and O–H groups in total. The molecular weight excluding hydrogens is 281 g/mol. The van der Waals surface area contributed by atoms with E-state index in [4.69, 9.17) is 0 Å². The lowest BCUT2D eigenvalue weighted by Crippen LogP contribution is -2.37. The van der Waals surface area contributed by atoms with Crippen molar-refractivity contribution < 1.29 is 9.18 Å². The van der Waals surface area contributed by atoms with Crippen molar-refractivity contribution >= 4 is 6.03 Å². The number of amides is 2. The number of urea groups is 1. The molecule has 22 heavy (non-hydrogen) atoms. The Kier molecular flexibility index (Phi) is 5.89. The van der Waals surface area contributed by atoms with Crippen LogP contribution in [0.15, 0.2) is 42.6 Å². The molecule has 1 aromatic carbocycles. The molecule has 0 aliphatic carbocycles. The van der Waals surface area contributed by atoms with Crippen molar-refractivity contribution in [2.45, 2.75) is 19.8 Å². The SMILES string of the molecule is Cc1cc(F)ccc1CCNC(=O)NCCc1ccccn1. The van der Waals surface area contributed by atoms with Crippen LogP contribution in [0.5, 0.6) is 0 Å². The van der Waals surface area contributed by atoms with Gasteiger partial charge in [-0.2, -0.15) is 0 Å². The molecule has 2 amide bonds. The van der Waals surface area contributed by atoms with Crippen LogP contribution < -0.4 is 10.6 Å². The van der Waals surface area contributed by atoms with Gasteiger partial charge in [-0.25, -0.2) is 9.18 Å². The van der Waals surface area contributed by atoms with E-state index in [1.54, 1.807) is 12.3 Å². The van der Waals surface area contributed by atoms with E-state index in [0.29, 0.717) is 25.9 Å². The highest BCUT2D eigenvalue weighted by Crippen LogP contribution is 2.10. The van der Waals surface area contributed by atoms with E-state index in [1.807, 2.05) is 25.1 Å². The fraction of sp³-hybridized carbons (Fsp3) is 0.294. The number of hydrogen-bond acceptors (Lipinski definition) is 2. The maximum Gasteiger partial charge on any atom is 0.314 e. The Morgan fingerprint density at radius 3 is 2.59 bits per heavy atom. The van der Waals surface area contributed by atoms with Gasteiger partial charge in [-0.15, -0.1) is 0 Å². The summed E-state index contributed by atoms with van der Waals surface area (Å²) in [6, 6.07) is 10.2. The molecule has 1 heterocycles. The standard InChI is InChI=1S/C17H20FN3O/c1-13-12-15(18)6-5-14(13)7-10-20-17(22)21-11-8-16-4-2-3-9-19-16/h2-6,9,12H,7-8,10-11H2,1H3,(H2,20,21,22). The normalized spacial score (nSPS) is 10.3. The van der Waals surface area contributed by atoms with Crippen LogP contribution in [-0.2, 0) is 12.8 Å². The van der Waals surface area contributed by atoms with Gasteiger partial charge in [0.2, 0.25) is 0 Å². The Labute approximate surface area is 129 Å². The van der Waals surface area contributed by atoms with Crippen LogP contribution >= 0.6 is 0 Å². The summed E-state index contributed by atoms with van der Waals surface area (Å²) in [4.78, 5) is 15.9. The van der Waals surface area contributed by atoms with Gasteiger partial charge in [0, 0.05) is 31.4 Å². The number of rotatable bonds is 6. The summed E-state index contributed by atoms with van der Waals surface area (Å²) >= 11 is 0. The summed E-state index contributed by atoms with van der Waals surface area (Å²) in [5.41, 5.74) is 2.89. The van der Waals surface area contributed by atoms with E-state index in [-0.39, 0.29) is 11.8 Å². The molecular formula is C17H20FN3O. The third kappa shape index (κ3) is 5.16. The molecule has 0 saturated carbocycles. The minimum atomic E-state index is -0.235. The van der Waals surface area contributed by atoms with Crippen LogP contribution in [0.3, 0.4) is 0 Å². The van der Waals surface area contributed by atoms with Crippen molar-refractivity contribution in [3.05, 3.63) is 65.2 Å². The average Bonchev–Trinajstić information content (AvgIpc) is 2.50. The number of aryl methyl sites for hydroxylation is 1. The van der Waals surface area contributed by atoms with Crippen molar-refractivity contribution in [3.63, 3.8) is 0 Å². The highest BCUT2D eigenvalue weighted by molar-refractivity contribution is 5.73. The van der Waals surface area contributed by atoms with E-state index in [0.717, 1.165) is 16.8 Å². The molecule has 0 bridgehead atoms. The summed E-state index contributed by atoms with van der Waals surface area (Å²) in [5, 5.41) is 5.59. The maximum absolute atomic E-state index is 13.0. The topological polar surface area (TPSA) is 54.0 Å². The van der Waals surface area contributed by atoms with Gasteiger partial charge in [0.25, 0.3) is 0 Å². The monoisotopic (exact) mass is 301 g/mol. The lowest BCUT2D eigenvalue weighted by atomic mass is 10.1. The summed E-state index contributed by atoms with van der Waals surface area (Å²) in [7, 11) is 0. The van der Waals surface area contributed by atoms with Crippen LogP contribution in [-0.4, -0.2) is 24.1 Å². The predicted octanol–water partition coefficient (Wildman–Crippen LogP) is 2.61. The van der Waals surface area contributed by atoms with Crippen molar-refractivity contribution in [3.8, 4) is 0 Å². The molecule has 0 aliphatic heterocycles. The van der Waals surface area contributed by atoms with E-state index < -0.39 is 0 Å². The van der Waals surface area contributed by atoms with Gasteiger partial charge in [0.15, 0.2) is 0 Å². The Hall–Kier alpha value is -2.43. The minimum absolute atomic E-state index is 0.198. The predicted molar refractivity (Wildman–Crippen MR) is 84.2 cm³/mol. The molecule has 0 saturated heterocycles. The number of halogens is 1. The number of hydrogen-bond donors (Lipinski definition) is 2. The molecule has 0 spiro atoms. The summed E-state index contributed by atoms with van der Waals surface area (Å²) in [6.45, 7) is 2.92. The fourth-order valence-electron chi connectivity index (χ4n) is 2.16. The second-order valence-corrected chi connectivity index (χ2v) is 5.07. The lowest BCUT2D eigenvalue weighted by Gasteiger charge is -2.09. The third-order valence-corrected chi connectivity index (χ3v) is 3.38. The molecule has 4 nitrogen and oxygen atoms in total. The molecule has 0 fully saturated rings. The molecule has 2 aromatic rings. The molecule has 0 unspecified atom stereocenters. The molecule has 0 aliphatic rings. The summed E-state index contributed by atoms with van der Waals surface area (Å²) < 4.78 is 13.0. The van der Waals surface area contributed by atoms with Gasteiger partial charge in [0.1, 0.15) is 5.82 Å². The summed E-state index contributed by atoms with van der Waals surface area (Å²) in [6.07, 6.45) is 3.12. The van der Waals surface area contributed by atoms with E-state index in [1.165, 1.54) is 12.1 Å². The molecule has 5 heteroatoms. The lowest BCUT2D eigenvalue weighted by molar-refractivity contribution is 0.241. The van der Waals surface area contributed by atoms with Gasteiger partial charge >= 0.3 is 6.03 Å².